The lowest BCUT2D eigenvalue weighted by molar-refractivity contribution is 0.582. The van der Waals surface area contributed by atoms with Crippen LogP contribution >= 0.6 is 0 Å². The van der Waals surface area contributed by atoms with Gasteiger partial charge in [0.1, 0.15) is 5.56 Å². The highest BCUT2D eigenvalue weighted by Gasteiger charge is 2.22. The number of nitrogens with zero attached hydrogens (tertiary/aromatic N) is 4. The average molecular weight is 383 g/mol. The number of hydrogen-bond donors (Lipinski definition) is 1. The molecule has 0 unspecified atom stereocenters. The van der Waals surface area contributed by atoms with E-state index in [9.17, 15) is 4.79 Å². The molecule has 0 saturated carbocycles. The molecule has 0 atom stereocenters. The van der Waals surface area contributed by atoms with Gasteiger partial charge >= 0.3 is 0 Å². The molecule has 0 aliphatic heterocycles. The van der Waals surface area contributed by atoms with Crippen molar-refractivity contribution in [2.75, 3.05) is 0 Å². The smallest absolute Gasteiger partial charge is 0.285 e. The maximum atomic E-state index is 13.3. The van der Waals surface area contributed by atoms with Crippen molar-refractivity contribution in [1.82, 2.24) is 24.8 Å². The molecule has 29 heavy (non-hydrogen) atoms. The second kappa shape index (κ2) is 6.56. The SMILES string of the molecule is Cc1nc2c(-c3ccccc3)c(C)[nH]n2c(=O)c1-c1nnc(-c2ccccc2)o1. The zero-order valence-corrected chi connectivity index (χ0v) is 15.9. The minimum absolute atomic E-state index is 0.154. The summed E-state index contributed by atoms with van der Waals surface area (Å²) in [6.07, 6.45) is 0. The van der Waals surface area contributed by atoms with Gasteiger partial charge in [0, 0.05) is 16.8 Å². The van der Waals surface area contributed by atoms with E-state index in [0.29, 0.717) is 17.2 Å². The van der Waals surface area contributed by atoms with Crippen molar-refractivity contribution in [3.8, 4) is 34.0 Å². The molecular formula is C22H17N5O2. The monoisotopic (exact) mass is 383 g/mol. The first kappa shape index (κ1) is 17.1. The van der Waals surface area contributed by atoms with Crippen LogP contribution in [0.5, 0.6) is 0 Å². The van der Waals surface area contributed by atoms with E-state index < -0.39 is 0 Å². The summed E-state index contributed by atoms with van der Waals surface area (Å²) in [6, 6.07) is 19.3. The maximum Gasteiger partial charge on any atom is 0.285 e. The number of aromatic nitrogens is 5. The topological polar surface area (TPSA) is 89.1 Å². The summed E-state index contributed by atoms with van der Waals surface area (Å²) in [5, 5.41) is 11.3. The summed E-state index contributed by atoms with van der Waals surface area (Å²) in [6.45, 7) is 3.70. The van der Waals surface area contributed by atoms with Crippen LogP contribution in [0.4, 0.5) is 0 Å². The average Bonchev–Trinajstić information content (AvgIpc) is 3.34. The zero-order valence-electron chi connectivity index (χ0n) is 15.9. The van der Waals surface area contributed by atoms with Crippen LogP contribution in [0.2, 0.25) is 0 Å². The molecule has 2 aromatic carbocycles. The summed E-state index contributed by atoms with van der Waals surface area (Å²) in [7, 11) is 0. The third-order valence-corrected chi connectivity index (χ3v) is 4.86. The molecule has 5 aromatic rings. The first-order valence-corrected chi connectivity index (χ1v) is 9.20. The standard InChI is InChI=1S/C22H17N5O2/c1-13-18(21-25-24-20(29-21)16-11-7-4-8-12-16)22(28)27-19(23-13)17(14(2)26-27)15-9-5-3-6-10-15/h3-12,26H,1-2H3. The summed E-state index contributed by atoms with van der Waals surface area (Å²) < 4.78 is 7.24. The third-order valence-electron chi connectivity index (χ3n) is 4.86. The summed E-state index contributed by atoms with van der Waals surface area (Å²) in [5.74, 6) is 0.513. The largest absolute Gasteiger partial charge is 0.416 e. The van der Waals surface area contributed by atoms with Crippen LogP contribution in [0.3, 0.4) is 0 Å². The second-order valence-electron chi connectivity index (χ2n) is 6.79. The highest BCUT2D eigenvalue weighted by atomic mass is 16.4. The van der Waals surface area contributed by atoms with Crippen LogP contribution in [0.25, 0.3) is 39.7 Å². The fourth-order valence-electron chi connectivity index (χ4n) is 3.51. The van der Waals surface area contributed by atoms with Crippen molar-refractivity contribution in [2.24, 2.45) is 0 Å². The van der Waals surface area contributed by atoms with E-state index in [0.717, 1.165) is 22.4 Å². The van der Waals surface area contributed by atoms with Gasteiger partial charge in [-0.2, -0.15) is 0 Å². The van der Waals surface area contributed by atoms with Gasteiger partial charge in [-0.3, -0.25) is 9.89 Å². The fourth-order valence-corrected chi connectivity index (χ4v) is 3.51. The molecule has 0 radical (unpaired) electrons. The number of nitrogens with one attached hydrogen (secondary N) is 1. The number of benzene rings is 2. The molecule has 0 spiro atoms. The molecule has 3 heterocycles. The maximum absolute atomic E-state index is 13.3. The van der Waals surface area contributed by atoms with Crippen molar-refractivity contribution < 1.29 is 4.42 Å². The van der Waals surface area contributed by atoms with Crippen LogP contribution < -0.4 is 5.56 Å². The summed E-state index contributed by atoms with van der Waals surface area (Å²) >= 11 is 0. The van der Waals surface area contributed by atoms with Crippen LogP contribution in [0, 0.1) is 13.8 Å². The van der Waals surface area contributed by atoms with Crippen LogP contribution in [0.15, 0.2) is 69.9 Å². The van der Waals surface area contributed by atoms with E-state index in [1.165, 1.54) is 4.52 Å². The highest BCUT2D eigenvalue weighted by Crippen LogP contribution is 2.28. The molecule has 0 saturated heterocycles. The number of H-pyrrole nitrogens is 1. The van der Waals surface area contributed by atoms with Gasteiger partial charge in [0.05, 0.1) is 5.69 Å². The Kier molecular flexibility index (Phi) is 3.87. The molecule has 5 rings (SSSR count). The quantitative estimate of drug-likeness (QED) is 0.508. The normalized spacial score (nSPS) is 11.2. The Morgan fingerprint density at radius 2 is 1.45 bits per heavy atom. The predicted octanol–water partition coefficient (Wildman–Crippen LogP) is 4.02. The number of aryl methyl sites for hydroxylation is 2. The molecule has 0 bridgehead atoms. The van der Waals surface area contributed by atoms with E-state index >= 15 is 0 Å². The van der Waals surface area contributed by atoms with Gasteiger partial charge in [-0.05, 0) is 31.5 Å². The lowest BCUT2D eigenvalue weighted by atomic mass is 10.1. The van der Waals surface area contributed by atoms with Gasteiger partial charge in [-0.25, -0.2) is 9.50 Å². The molecule has 3 aromatic heterocycles. The Labute approximate surface area is 165 Å². The second-order valence-corrected chi connectivity index (χ2v) is 6.79. The van der Waals surface area contributed by atoms with Crippen molar-refractivity contribution in [1.29, 1.82) is 0 Å². The Balaban J connectivity index is 1.69. The fraction of sp³-hybridized carbons (Fsp3) is 0.0909. The third kappa shape index (κ3) is 2.75. The van der Waals surface area contributed by atoms with Crippen LogP contribution in [0.1, 0.15) is 11.4 Å². The van der Waals surface area contributed by atoms with Gasteiger partial charge < -0.3 is 4.42 Å². The lowest BCUT2D eigenvalue weighted by Crippen LogP contribution is -2.19. The molecule has 7 heteroatoms. The summed E-state index contributed by atoms with van der Waals surface area (Å²) in [4.78, 5) is 18.0. The summed E-state index contributed by atoms with van der Waals surface area (Å²) in [5.41, 5.74) is 4.66. The number of aromatic amines is 1. The van der Waals surface area contributed by atoms with Crippen molar-refractivity contribution in [3.63, 3.8) is 0 Å². The van der Waals surface area contributed by atoms with E-state index in [1.54, 1.807) is 6.92 Å². The van der Waals surface area contributed by atoms with E-state index in [2.05, 4.69) is 15.3 Å². The first-order valence-electron chi connectivity index (χ1n) is 9.20. The van der Waals surface area contributed by atoms with Gasteiger partial charge in [0.2, 0.25) is 5.89 Å². The van der Waals surface area contributed by atoms with Gasteiger partial charge in [-0.15, -0.1) is 10.2 Å². The molecule has 0 fully saturated rings. The molecule has 142 valence electrons. The predicted molar refractivity (Wildman–Crippen MR) is 109 cm³/mol. The number of hydrogen-bond acceptors (Lipinski definition) is 5. The number of fused-ring (bicyclic) bond motifs is 1. The van der Waals surface area contributed by atoms with Gasteiger partial charge in [0.25, 0.3) is 11.4 Å². The molecule has 1 N–H and O–H groups in total. The Bertz CT molecular complexity index is 1380. The van der Waals surface area contributed by atoms with Crippen molar-refractivity contribution in [3.05, 3.63) is 82.4 Å². The number of rotatable bonds is 3. The lowest BCUT2D eigenvalue weighted by Gasteiger charge is -2.03. The Morgan fingerprint density at radius 3 is 2.14 bits per heavy atom. The zero-order chi connectivity index (χ0) is 20.0. The molecule has 0 amide bonds. The molecule has 0 aliphatic rings. The van der Waals surface area contributed by atoms with Crippen molar-refractivity contribution >= 4 is 5.65 Å². The Hall–Kier alpha value is -4.00. The van der Waals surface area contributed by atoms with E-state index in [4.69, 9.17) is 9.40 Å². The minimum atomic E-state index is -0.277. The molecule has 0 aliphatic carbocycles. The highest BCUT2D eigenvalue weighted by molar-refractivity contribution is 5.80. The first-order chi connectivity index (χ1) is 14.1. The van der Waals surface area contributed by atoms with Gasteiger partial charge in [-0.1, -0.05) is 48.5 Å². The van der Waals surface area contributed by atoms with Crippen molar-refractivity contribution in [2.45, 2.75) is 13.8 Å². The minimum Gasteiger partial charge on any atom is -0.416 e. The molecular weight excluding hydrogens is 366 g/mol. The van der Waals surface area contributed by atoms with Crippen LogP contribution in [-0.2, 0) is 0 Å². The molecule has 7 nitrogen and oxygen atoms in total. The van der Waals surface area contributed by atoms with Crippen LogP contribution in [-0.4, -0.2) is 24.8 Å². The van der Waals surface area contributed by atoms with Gasteiger partial charge in [0.15, 0.2) is 5.65 Å². The van der Waals surface area contributed by atoms with E-state index in [1.807, 2.05) is 67.6 Å². The Morgan fingerprint density at radius 1 is 0.828 bits per heavy atom. The van der Waals surface area contributed by atoms with E-state index in [-0.39, 0.29) is 17.0 Å².